The quantitative estimate of drug-likeness (QED) is 0.894. The van der Waals surface area contributed by atoms with Gasteiger partial charge in [-0.1, -0.05) is 17.7 Å². The molecule has 0 atom stereocenters. The highest BCUT2D eigenvalue weighted by Gasteiger charge is 2.17. The Kier molecular flexibility index (Phi) is 3.64. The minimum Gasteiger partial charge on any atom is -0.390 e. The summed E-state index contributed by atoms with van der Waals surface area (Å²) in [5, 5.41) is 9.08. The van der Waals surface area contributed by atoms with E-state index in [1.165, 1.54) is 12.3 Å². The molecule has 5 nitrogen and oxygen atoms in total. The van der Waals surface area contributed by atoms with Gasteiger partial charge in [0.15, 0.2) is 0 Å². The zero-order valence-corrected chi connectivity index (χ0v) is 11.6. The molecule has 0 radical (unpaired) electrons. The first-order valence-electron chi connectivity index (χ1n) is 5.78. The van der Waals surface area contributed by atoms with Gasteiger partial charge in [0.2, 0.25) is 0 Å². The molecule has 0 aliphatic rings. The SMILES string of the molecule is Cc1ccc(NS(=O)(=O)c2cc(CO)n(C)c2)cc1. The van der Waals surface area contributed by atoms with Crippen molar-refractivity contribution in [2.24, 2.45) is 7.05 Å². The maximum atomic E-state index is 12.2. The van der Waals surface area contributed by atoms with Gasteiger partial charge in [0, 0.05) is 24.6 Å². The summed E-state index contributed by atoms with van der Waals surface area (Å²) in [6.45, 7) is 1.74. The lowest BCUT2D eigenvalue weighted by molar-refractivity contribution is 0.272. The fraction of sp³-hybridized carbons (Fsp3) is 0.231. The van der Waals surface area contributed by atoms with E-state index in [1.807, 2.05) is 19.1 Å². The summed E-state index contributed by atoms with van der Waals surface area (Å²) in [5.41, 5.74) is 2.12. The summed E-state index contributed by atoms with van der Waals surface area (Å²) in [5.74, 6) is 0. The topological polar surface area (TPSA) is 71.3 Å². The van der Waals surface area contributed by atoms with E-state index in [0.717, 1.165) is 5.56 Å². The monoisotopic (exact) mass is 280 g/mol. The lowest BCUT2D eigenvalue weighted by Gasteiger charge is -2.06. The molecule has 1 heterocycles. The molecule has 0 amide bonds. The van der Waals surface area contributed by atoms with Crippen LogP contribution >= 0.6 is 0 Å². The normalized spacial score (nSPS) is 11.5. The summed E-state index contributed by atoms with van der Waals surface area (Å²) in [7, 11) is -1.93. The number of aryl methyl sites for hydroxylation is 2. The molecule has 1 aromatic carbocycles. The molecule has 19 heavy (non-hydrogen) atoms. The predicted octanol–water partition coefficient (Wildman–Crippen LogP) is 1.63. The number of hydrogen-bond donors (Lipinski definition) is 2. The highest BCUT2D eigenvalue weighted by Crippen LogP contribution is 2.18. The van der Waals surface area contributed by atoms with Crippen LogP contribution in [0.15, 0.2) is 41.4 Å². The fourth-order valence-corrected chi connectivity index (χ4v) is 2.87. The van der Waals surface area contributed by atoms with Crippen molar-refractivity contribution in [1.82, 2.24) is 4.57 Å². The first-order chi connectivity index (χ1) is 8.92. The molecule has 1 aromatic heterocycles. The molecular weight excluding hydrogens is 264 g/mol. The number of aliphatic hydroxyl groups excluding tert-OH is 1. The van der Waals surface area contributed by atoms with Crippen LogP contribution in [0.25, 0.3) is 0 Å². The molecule has 102 valence electrons. The van der Waals surface area contributed by atoms with Crippen LogP contribution in [0.2, 0.25) is 0 Å². The number of aliphatic hydroxyl groups is 1. The van der Waals surface area contributed by atoms with Crippen LogP contribution in [0.5, 0.6) is 0 Å². The summed E-state index contributed by atoms with van der Waals surface area (Å²) in [4.78, 5) is 0.139. The third-order valence-corrected chi connectivity index (χ3v) is 4.21. The van der Waals surface area contributed by atoms with Crippen molar-refractivity contribution >= 4 is 15.7 Å². The zero-order chi connectivity index (χ0) is 14.0. The van der Waals surface area contributed by atoms with Gasteiger partial charge in [-0.15, -0.1) is 0 Å². The highest BCUT2D eigenvalue weighted by molar-refractivity contribution is 7.92. The number of sulfonamides is 1. The van der Waals surface area contributed by atoms with Crippen LogP contribution < -0.4 is 4.72 Å². The molecule has 2 rings (SSSR count). The lowest BCUT2D eigenvalue weighted by Crippen LogP contribution is -2.12. The molecule has 0 bridgehead atoms. The molecular formula is C13H16N2O3S. The Hall–Kier alpha value is -1.79. The second-order valence-electron chi connectivity index (χ2n) is 4.41. The largest absolute Gasteiger partial charge is 0.390 e. The molecule has 0 fully saturated rings. The van der Waals surface area contributed by atoms with Gasteiger partial charge in [0.25, 0.3) is 10.0 Å². The molecule has 0 saturated carbocycles. The van der Waals surface area contributed by atoms with Crippen LogP contribution in [0.1, 0.15) is 11.3 Å². The Labute approximate surface area is 112 Å². The second-order valence-corrected chi connectivity index (χ2v) is 6.09. The first kappa shape index (κ1) is 13.6. The molecule has 0 unspecified atom stereocenters. The van der Waals surface area contributed by atoms with Crippen LogP contribution in [-0.4, -0.2) is 18.1 Å². The molecule has 2 N–H and O–H groups in total. The summed E-state index contributed by atoms with van der Waals surface area (Å²) in [6, 6.07) is 8.55. The fourth-order valence-electron chi connectivity index (χ4n) is 1.72. The average molecular weight is 280 g/mol. The van der Waals surface area contributed by atoms with Crippen LogP contribution in [0.3, 0.4) is 0 Å². The number of nitrogens with one attached hydrogen (secondary N) is 1. The Bertz CT molecular complexity index is 672. The van der Waals surface area contributed by atoms with Gasteiger partial charge in [-0.25, -0.2) is 8.42 Å². The van der Waals surface area contributed by atoms with Gasteiger partial charge >= 0.3 is 0 Å². The van der Waals surface area contributed by atoms with E-state index in [4.69, 9.17) is 5.11 Å². The zero-order valence-electron chi connectivity index (χ0n) is 10.8. The average Bonchev–Trinajstić information content (AvgIpc) is 2.74. The van der Waals surface area contributed by atoms with Crippen molar-refractivity contribution in [1.29, 1.82) is 0 Å². The van der Waals surface area contributed by atoms with E-state index in [9.17, 15) is 8.42 Å². The maximum Gasteiger partial charge on any atom is 0.263 e. The Balaban J connectivity index is 2.29. The summed E-state index contributed by atoms with van der Waals surface area (Å²) >= 11 is 0. The van der Waals surface area contributed by atoms with Gasteiger partial charge in [-0.3, -0.25) is 4.72 Å². The Morgan fingerprint density at radius 2 is 1.89 bits per heavy atom. The van der Waals surface area contributed by atoms with Gasteiger partial charge in [0.1, 0.15) is 4.90 Å². The van der Waals surface area contributed by atoms with Gasteiger partial charge in [0.05, 0.1) is 6.61 Å². The maximum absolute atomic E-state index is 12.2. The van der Waals surface area contributed by atoms with E-state index in [-0.39, 0.29) is 11.5 Å². The number of anilines is 1. The van der Waals surface area contributed by atoms with E-state index in [2.05, 4.69) is 4.72 Å². The molecule has 0 aliphatic heterocycles. The first-order valence-corrected chi connectivity index (χ1v) is 7.26. The minimum atomic E-state index is -3.62. The number of rotatable bonds is 4. The van der Waals surface area contributed by atoms with E-state index in [0.29, 0.717) is 11.4 Å². The van der Waals surface area contributed by atoms with Crippen molar-refractivity contribution < 1.29 is 13.5 Å². The molecule has 0 saturated heterocycles. The van der Waals surface area contributed by atoms with Crippen molar-refractivity contribution in [3.63, 3.8) is 0 Å². The third-order valence-electron chi connectivity index (χ3n) is 2.86. The van der Waals surface area contributed by atoms with Crippen molar-refractivity contribution in [2.75, 3.05) is 4.72 Å². The second kappa shape index (κ2) is 5.07. The molecule has 6 heteroatoms. The lowest BCUT2D eigenvalue weighted by atomic mass is 10.2. The van der Waals surface area contributed by atoms with Crippen molar-refractivity contribution in [3.8, 4) is 0 Å². The third kappa shape index (κ3) is 2.97. The van der Waals surface area contributed by atoms with Crippen LogP contribution in [-0.2, 0) is 23.7 Å². The van der Waals surface area contributed by atoms with Crippen LogP contribution in [0, 0.1) is 6.92 Å². The number of nitrogens with zero attached hydrogens (tertiary/aromatic N) is 1. The molecule has 0 spiro atoms. The Morgan fingerprint density at radius 1 is 1.26 bits per heavy atom. The van der Waals surface area contributed by atoms with E-state index in [1.54, 1.807) is 23.7 Å². The van der Waals surface area contributed by atoms with E-state index >= 15 is 0 Å². The molecule has 2 aromatic rings. The van der Waals surface area contributed by atoms with Crippen molar-refractivity contribution in [2.45, 2.75) is 18.4 Å². The highest BCUT2D eigenvalue weighted by atomic mass is 32.2. The van der Waals surface area contributed by atoms with Gasteiger partial charge in [-0.2, -0.15) is 0 Å². The summed E-state index contributed by atoms with van der Waals surface area (Å²) in [6.07, 6.45) is 1.47. The smallest absolute Gasteiger partial charge is 0.263 e. The van der Waals surface area contributed by atoms with Crippen LogP contribution in [0.4, 0.5) is 5.69 Å². The summed E-state index contributed by atoms with van der Waals surface area (Å²) < 4.78 is 28.4. The number of aromatic nitrogens is 1. The number of benzene rings is 1. The van der Waals surface area contributed by atoms with Gasteiger partial charge < -0.3 is 9.67 Å². The molecule has 0 aliphatic carbocycles. The van der Waals surface area contributed by atoms with Gasteiger partial charge in [-0.05, 0) is 25.1 Å². The van der Waals surface area contributed by atoms with Crippen molar-refractivity contribution in [3.05, 3.63) is 47.8 Å². The van der Waals surface area contributed by atoms with E-state index < -0.39 is 10.0 Å². The predicted molar refractivity (Wildman–Crippen MR) is 73.3 cm³/mol. The number of hydrogen-bond acceptors (Lipinski definition) is 3. The minimum absolute atomic E-state index is 0.139. The Morgan fingerprint density at radius 3 is 2.42 bits per heavy atom. The standard InChI is InChI=1S/C13H16N2O3S/c1-10-3-5-11(6-4-10)14-19(17,18)13-7-12(9-16)15(2)8-13/h3-8,14,16H,9H2,1-2H3.